The van der Waals surface area contributed by atoms with Crippen LogP contribution in [0.3, 0.4) is 0 Å². The number of halogens is 3. The third kappa shape index (κ3) is 3.35. The van der Waals surface area contributed by atoms with Crippen LogP contribution in [0, 0.1) is 0 Å². The van der Waals surface area contributed by atoms with Crippen molar-refractivity contribution in [3.05, 3.63) is 58.9 Å². The van der Waals surface area contributed by atoms with Gasteiger partial charge < -0.3 is 5.32 Å². The Hall–Kier alpha value is -3.17. The van der Waals surface area contributed by atoms with Crippen LogP contribution in [-0.4, -0.2) is 30.5 Å². The molecule has 1 amide bonds. The molecule has 0 unspecified atom stereocenters. The number of aromatic nitrogens is 5. The normalized spacial score (nSPS) is 18.5. The zero-order valence-electron chi connectivity index (χ0n) is 16.1. The van der Waals surface area contributed by atoms with Gasteiger partial charge in [0.25, 0.3) is 5.91 Å². The third-order valence-corrected chi connectivity index (χ3v) is 5.60. The van der Waals surface area contributed by atoms with Crippen molar-refractivity contribution in [2.24, 2.45) is 7.05 Å². The van der Waals surface area contributed by atoms with E-state index in [0.717, 1.165) is 46.2 Å². The summed E-state index contributed by atoms with van der Waals surface area (Å²) in [6.45, 7) is 0. The minimum Gasteiger partial charge on any atom is -0.344 e. The highest BCUT2D eigenvalue weighted by atomic mass is 19.4. The molecule has 1 atom stereocenters. The molecule has 7 nitrogen and oxygen atoms in total. The summed E-state index contributed by atoms with van der Waals surface area (Å²) < 4.78 is 41.3. The second-order valence-corrected chi connectivity index (χ2v) is 7.79. The summed E-state index contributed by atoms with van der Waals surface area (Å²) in [7, 11) is 1.32. The Morgan fingerprint density at radius 2 is 2.00 bits per heavy atom. The van der Waals surface area contributed by atoms with Crippen molar-refractivity contribution in [1.82, 2.24) is 29.9 Å². The number of nitrogens with one attached hydrogen (secondary N) is 1. The Balaban J connectivity index is 1.36. The van der Waals surface area contributed by atoms with Crippen LogP contribution in [0.2, 0.25) is 0 Å². The van der Waals surface area contributed by atoms with E-state index in [0.29, 0.717) is 18.8 Å². The highest BCUT2D eigenvalue weighted by Crippen LogP contribution is 2.39. The molecular weight excluding hydrogens is 397 g/mol. The van der Waals surface area contributed by atoms with Crippen molar-refractivity contribution >= 4 is 5.91 Å². The molecule has 5 rings (SSSR count). The monoisotopic (exact) mass is 416 g/mol. The van der Waals surface area contributed by atoms with Gasteiger partial charge >= 0.3 is 6.18 Å². The first-order valence-electron chi connectivity index (χ1n) is 9.76. The Morgan fingerprint density at radius 3 is 2.70 bits per heavy atom. The van der Waals surface area contributed by atoms with E-state index in [4.69, 9.17) is 0 Å². The van der Waals surface area contributed by atoms with Gasteiger partial charge in [-0.25, -0.2) is 4.68 Å². The number of carbonyl (C=O) groups is 1. The first-order chi connectivity index (χ1) is 14.3. The van der Waals surface area contributed by atoms with E-state index in [-0.39, 0.29) is 11.7 Å². The number of aryl methyl sites for hydroxylation is 2. The standard InChI is InChI=1S/C20H19F3N6O/c1-28-17(9-18(27-28)20(21,22)23)19(30)25-14-4-5-15-13(14)10-29(26-15)12-6-7-24-16(8-12)11-2-3-11/h6-11,14H,2-5H2,1H3,(H,25,30)/t14-/m0/s1. The average Bonchev–Trinajstić information content (AvgIpc) is 3.17. The topological polar surface area (TPSA) is 77.6 Å². The second-order valence-electron chi connectivity index (χ2n) is 7.79. The Labute approximate surface area is 169 Å². The SMILES string of the molecule is Cn1nc(C(F)(F)F)cc1C(=O)N[C@H]1CCc2nn(-c3ccnc(C4CC4)c3)cc21. The first kappa shape index (κ1) is 18.8. The molecule has 2 aliphatic rings. The number of fused-ring (bicyclic) bond motifs is 1. The van der Waals surface area contributed by atoms with Gasteiger partial charge in [-0.2, -0.15) is 23.4 Å². The van der Waals surface area contributed by atoms with Gasteiger partial charge in [0, 0.05) is 42.7 Å². The van der Waals surface area contributed by atoms with Gasteiger partial charge in [-0.05, 0) is 37.8 Å². The van der Waals surface area contributed by atoms with E-state index in [1.165, 1.54) is 7.05 Å². The molecule has 3 aromatic rings. The number of nitrogens with zero attached hydrogens (tertiary/aromatic N) is 5. The molecule has 3 aromatic heterocycles. The van der Waals surface area contributed by atoms with Gasteiger partial charge in [-0.1, -0.05) is 0 Å². The van der Waals surface area contributed by atoms with Gasteiger partial charge in [-0.3, -0.25) is 14.5 Å². The highest BCUT2D eigenvalue weighted by molar-refractivity contribution is 5.93. The molecule has 0 saturated heterocycles. The van der Waals surface area contributed by atoms with E-state index in [1.807, 2.05) is 18.3 Å². The molecule has 0 aliphatic heterocycles. The summed E-state index contributed by atoms with van der Waals surface area (Å²) >= 11 is 0. The molecule has 10 heteroatoms. The quantitative estimate of drug-likeness (QED) is 0.708. The van der Waals surface area contributed by atoms with Gasteiger partial charge in [0.15, 0.2) is 5.69 Å². The molecule has 30 heavy (non-hydrogen) atoms. The lowest BCUT2D eigenvalue weighted by atomic mass is 10.2. The largest absolute Gasteiger partial charge is 0.435 e. The van der Waals surface area contributed by atoms with E-state index in [1.54, 1.807) is 10.9 Å². The number of hydrogen-bond donors (Lipinski definition) is 1. The maximum Gasteiger partial charge on any atom is 0.435 e. The fourth-order valence-electron chi connectivity index (χ4n) is 3.86. The Kier molecular flexibility index (Phi) is 4.19. The van der Waals surface area contributed by atoms with E-state index in [2.05, 4.69) is 20.5 Å². The summed E-state index contributed by atoms with van der Waals surface area (Å²) in [5.74, 6) is -0.0640. The summed E-state index contributed by atoms with van der Waals surface area (Å²) in [5.41, 5.74) is 2.51. The van der Waals surface area contributed by atoms with Crippen LogP contribution in [0.5, 0.6) is 0 Å². The molecule has 0 radical (unpaired) electrons. The van der Waals surface area contributed by atoms with Crippen LogP contribution in [0.15, 0.2) is 30.6 Å². The summed E-state index contributed by atoms with van der Waals surface area (Å²) in [6, 6.07) is 4.37. The van der Waals surface area contributed by atoms with Gasteiger partial charge in [0.1, 0.15) is 5.69 Å². The molecule has 0 bridgehead atoms. The van der Waals surface area contributed by atoms with Crippen LogP contribution in [0.4, 0.5) is 13.2 Å². The van der Waals surface area contributed by atoms with Crippen molar-refractivity contribution in [3.8, 4) is 5.69 Å². The Bertz CT molecular complexity index is 1130. The molecule has 3 heterocycles. The Morgan fingerprint density at radius 1 is 1.20 bits per heavy atom. The van der Waals surface area contributed by atoms with Crippen molar-refractivity contribution in [2.75, 3.05) is 0 Å². The lowest BCUT2D eigenvalue weighted by molar-refractivity contribution is -0.141. The minimum absolute atomic E-state index is 0.133. The third-order valence-electron chi connectivity index (χ3n) is 5.60. The molecule has 0 spiro atoms. The lowest BCUT2D eigenvalue weighted by Crippen LogP contribution is -2.28. The molecule has 1 N–H and O–H groups in total. The van der Waals surface area contributed by atoms with Crippen molar-refractivity contribution in [1.29, 1.82) is 0 Å². The molecular formula is C20H19F3N6O. The number of alkyl halides is 3. The zero-order valence-corrected chi connectivity index (χ0v) is 16.1. The smallest absolute Gasteiger partial charge is 0.344 e. The average molecular weight is 416 g/mol. The van der Waals surface area contributed by atoms with Crippen molar-refractivity contribution in [2.45, 2.75) is 43.8 Å². The number of carbonyl (C=O) groups excluding carboxylic acids is 1. The molecule has 156 valence electrons. The summed E-state index contributed by atoms with van der Waals surface area (Å²) in [4.78, 5) is 17.0. The first-order valence-corrected chi connectivity index (χ1v) is 9.76. The van der Waals surface area contributed by atoms with Crippen LogP contribution in [-0.2, 0) is 19.6 Å². The molecule has 1 fully saturated rings. The highest BCUT2D eigenvalue weighted by Gasteiger charge is 2.36. The fourth-order valence-corrected chi connectivity index (χ4v) is 3.86. The zero-order chi connectivity index (χ0) is 21.0. The minimum atomic E-state index is -4.60. The molecule has 2 aliphatic carbocycles. The number of amides is 1. The lowest BCUT2D eigenvalue weighted by Gasteiger charge is -2.13. The van der Waals surface area contributed by atoms with Crippen LogP contribution in [0.25, 0.3) is 5.69 Å². The fraction of sp³-hybridized carbons (Fsp3) is 0.400. The number of hydrogen-bond acceptors (Lipinski definition) is 4. The molecule has 0 aromatic carbocycles. The van der Waals surface area contributed by atoms with E-state index in [9.17, 15) is 18.0 Å². The van der Waals surface area contributed by atoms with E-state index >= 15 is 0 Å². The maximum absolute atomic E-state index is 12.9. The van der Waals surface area contributed by atoms with Crippen LogP contribution in [0.1, 0.15) is 64.4 Å². The summed E-state index contributed by atoms with van der Waals surface area (Å²) in [5, 5.41) is 10.9. The summed E-state index contributed by atoms with van der Waals surface area (Å²) in [6.07, 6.45) is 2.71. The van der Waals surface area contributed by atoms with Gasteiger partial charge in [0.05, 0.1) is 17.4 Å². The van der Waals surface area contributed by atoms with Crippen LogP contribution < -0.4 is 5.32 Å². The predicted molar refractivity (Wildman–Crippen MR) is 100 cm³/mol. The van der Waals surface area contributed by atoms with Crippen molar-refractivity contribution < 1.29 is 18.0 Å². The van der Waals surface area contributed by atoms with Crippen molar-refractivity contribution in [3.63, 3.8) is 0 Å². The van der Waals surface area contributed by atoms with E-state index < -0.39 is 17.8 Å². The predicted octanol–water partition coefficient (Wildman–Crippen LogP) is 3.31. The number of pyridine rings is 1. The molecule has 1 saturated carbocycles. The maximum atomic E-state index is 12.9. The number of rotatable bonds is 4. The second kappa shape index (κ2) is 6.68. The van der Waals surface area contributed by atoms with Gasteiger partial charge in [-0.15, -0.1) is 0 Å². The van der Waals surface area contributed by atoms with Gasteiger partial charge in [0.2, 0.25) is 0 Å². The van der Waals surface area contributed by atoms with Crippen LogP contribution >= 0.6 is 0 Å².